The molecule has 0 saturated heterocycles. The molecule has 0 fully saturated rings. The summed E-state index contributed by atoms with van der Waals surface area (Å²) in [6.07, 6.45) is 0. The number of fused-ring (bicyclic) bond motifs is 8. The van der Waals surface area contributed by atoms with E-state index in [-0.39, 0.29) is 0 Å². The van der Waals surface area contributed by atoms with E-state index in [2.05, 4.69) is 132 Å². The molecule has 9 rings (SSSR count). The van der Waals surface area contributed by atoms with Crippen LogP contribution in [0.15, 0.2) is 127 Å². The van der Waals surface area contributed by atoms with Gasteiger partial charge in [-0.2, -0.15) is 0 Å². The van der Waals surface area contributed by atoms with Gasteiger partial charge in [0.25, 0.3) is 0 Å². The zero-order chi connectivity index (χ0) is 26.2. The first-order chi connectivity index (χ1) is 19.8. The molecule has 3 heterocycles. The van der Waals surface area contributed by atoms with Crippen molar-refractivity contribution < 1.29 is 0 Å². The number of aromatic nitrogens is 3. The Morgan fingerprint density at radius 2 is 1.20 bits per heavy atom. The Balaban J connectivity index is 1.43. The second-order valence-electron chi connectivity index (χ2n) is 10.2. The van der Waals surface area contributed by atoms with Gasteiger partial charge in [-0.3, -0.25) is 4.57 Å². The van der Waals surface area contributed by atoms with Crippen LogP contribution >= 0.6 is 11.3 Å². The van der Waals surface area contributed by atoms with E-state index >= 15 is 0 Å². The molecule has 0 bridgehead atoms. The van der Waals surface area contributed by atoms with Gasteiger partial charge in [-0.05, 0) is 47.2 Å². The Hall–Kier alpha value is -5.06. The summed E-state index contributed by atoms with van der Waals surface area (Å²) >= 11 is 1.83. The van der Waals surface area contributed by atoms with E-state index < -0.39 is 0 Å². The lowest BCUT2D eigenvalue weighted by atomic mass is 10.0. The van der Waals surface area contributed by atoms with Crippen molar-refractivity contribution in [1.29, 1.82) is 0 Å². The van der Waals surface area contributed by atoms with Gasteiger partial charge in [-0.25, -0.2) is 9.97 Å². The van der Waals surface area contributed by atoms with Gasteiger partial charge < -0.3 is 0 Å². The Morgan fingerprint density at radius 1 is 0.500 bits per heavy atom. The van der Waals surface area contributed by atoms with Gasteiger partial charge in [0.05, 0.1) is 22.2 Å². The van der Waals surface area contributed by atoms with Crippen LogP contribution in [0.1, 0.15) is 0 Å². The Morgan fingerprint density at radius 3 is 2.10 bits per heavy atom. The third kappa shape index (κ3) is 3.05. The fourth-order valence-electron chi connectivity index (χ4n) is 6.21. The van der Waals surface area contributed by atoms with Crippen LogP contribution in [0.25, 0.3) is 80.9 Å². The van der Waals surface area contributed by atoms with Crippen LogP contribution in [0.5, 0.6) is 0 Å². The Kier molecular flexibility index (Phi) is 4.48. The summed E-state index contributed by atoms with van der Waals surface area (Å²) < 4.78 is 4.79. The van der Waals surface area contributed by atoms with Crippen molar-refractivity contribution in [3.63, 3.8) is 0 Å². The summed E-state index contributed by atoms with van der Waals surface area (Å²) in [4.78, 5) is 10.6. The monoisotopic (exact) mass is 527 g/mol. The Labute approximate surface area is 233 Å². The average Bonchev–Trinajstić information content (AvgIpc) is 3.55. The molecule has 9 aromatic rings. The molecular formula is C36H21N3S. The van der Waals surface area contributed by atoms with Crippen molar-refractivity contribution in [3.05, 3.63) is 127 Å². The van der Waals surface area contributed by atoms with E-state index in [0.29, 0.717) is 5.95 Å². The number of para-hydroxylation sites is 2. The molecule has 0 aliphatic heterocycles. The van der Waals surface area contributed by atoms with Gasteiger partial charge in [0.2, 0.25) is 5.95 Å². The number of thiophene rings is 1. The quantitative estimate of drug-likeness (QED) is 0.224. The molecule has 186 valence electrons. The summed E-state index contributed by atoms with van der Waals surface area (Å²) in [6, 6.07) is 45.3. The third-order valence-electron chi connectivity index (χ3n) is 7.99. The van der Waals surface area contributed by atoms with Crippen molar-refractivity contribution in [2.24, 2.45) is 0 Å². The minimum Gasteiger partial charge on any atom is -0.278 e. The summed E-state index contributed by atoms with van der Waals surface area (Å²) in [6.45, 7) is 0. The predicted octanol–water partition coefficient (Wildman–Crippen LogP) is 9.91. The molecule has 0 N–H and O–H groups in total. The molecular weight excluding hydrogens is 506 g/mol. The first-order valence-corrected chi connectivity index (χ1v) is 14.2. The number of hydrogen-bond donors (Lipinski definition) is 0. The molecule has 0 aliphatic carbocycles. The van der Waals surface area contributed by atoms with Crippen LogP contribution in [0, 0.1) is 0 Å². The van der Waals surface area contributed by atoms with Gasteiger partial charge in [0.1, 0.15) is 0 Å². The van der Waals surface area contributed by atoms with Gasteiger partial charge in [0, 0.05) is 41.9 Å². The fourth-order valence-corrected chi connectivity index (χ4v) is 7.34. The van der Waals surface area contributed by atoms with E-state index in [1.807, 2.05) is 11.3 Å². The summed E-state index contributed by atoms with van der Waals surface area (Å²) in [7, 11) is 0. The lowest BCUT2D eigenvalue weighted by Gasteiger charge is -2.13. The maximum atomic E-state index is 5.39. The van der Waals surface area contributed by atoms with Gasteiger partial charge in [0.15, 0.2) is 0 Å². The molecule has 6 aromatic carbocycles. The molecule has 0 amide bonds. The van der Waals surface area contributed by atoms with Crippen LogP contribution in [0.3, 0.4) is 0 Å². The normalized spacial score (nSPS) is 12.0. The first kappa shape index (κ1) is 21.8. The highest BCUT2D eigenvalue weighted by molar-refractivity contribution is 7.25. The first-order valence-electron chi connectivity index (χ1n) is 13.4. The average molecular weight is 528 g/mol. The highest BCUT2D eigenvalue weighted by atomic mass is 32.1. The minimum absolute atomic E-state index is 0.687. The van der Waals surface area contributed by atoms with Gasteiger partial charge in [-0.15, -0.1) is 11.3 Å². The smallest absolute Gasteiger partial charge is 0.235 e. The van der Waals surface area contributed by atoms with Gasteiger partial charge >= 0.3 is 0 Å². The van der Waals surface area contributed by atoms with Crippen LogP contribution in [0.2, 0.25) is 0 Å². The van der Waals surface area contributed by atoms with E-state index in [0.717, 1.165) is 33.2 Å². The summed E-state index contributed by atoms with van der Waals surface area (Å²) in [5.41, 5.74) is 5.25. The third-order valence-corrected chi connectivity index (χ3v) is 9.13. The number of nitrogens with zero attached hydrogens (tertiary/aromatic N) is 3. The highest BCUT2D eigenvalue weighted by Gasteiger charge is 2.19. The van der Waals surface area contributed by atoms with Crippen LogP contribution in [-0.2, 0) is 0 Å². The molecule has 0 atom stereocenters. The second-order valence-corrected chi connectivity index (χ2v) is 11.3. The molecule has 0 aliphatic rings. The van der Waals surface area contributed by atoms with Crippen LogP contribution in [-0.4, -0.2) is 14.5 Å². The molecule has 40 heavy (non-hydrogen) atoms. The SMILES string of the molecule is c1ccc2cc3c(cc2c1)c1ccccc1n3-c1nc(-c2cccc3sc4ccccc4c23)c2ccccc2n1. The van der Waals surface area contributed by atoms with Crippen molar-refractivity contribution in [2.45, 2.75) is 0 Å². The largest absolute Gasteiger partial charge is 0.278 e. The molecule has 0 saturated carbocycles. The van der Waals surface area contributed by atoms with Crippen molar-refractivity contribution in [3.8, 4) is 17.2 Å². The zero-order valence-electron chi connectivity index (χ0n) is 21.4. The van der Waals surface area contributed by atoms with Crippen LogP contribution in [0.4, 0.5) is 0 Å². The van der Waals surface area contributed by atoms with E-state index in [1.165, 1.54) is 41.7 Å². The topological polar surface area (TPSA) is 30.7 Å². The molecule has 0 spiro atoms. The lowest BCUT2D eigenvalue weighted by Crippen LogP contribution is -2.03. The van der Waals surface area contributed by atoms with E-state index in [4.69, 9.17) is 9.97 Å². The number of rotatable bonds is 2. The zero-order valence-corrected chi connectivity index (χ0v) is 22.2. The lowest BCUT2D eigenvalue weighted by molar-refractivity contribution is 1.01. The number of hydrogen-bond acceptors (Lipinski definition) is 3. The highest BCUT2D eigenvalue weighted by Crippen LogP contribution is 2.42. The molecule has 4 heteroatoms. The standard InChI is InChI=1S/C36H21N3S/c1-2-11-23-21-31-28(20-22(23)10-1)24-12-4-7-17-30(24)39(31)36-37-29-16-6-3-13-25(29)35(38-36)27-15-9-19-33-34(27)26-14-5-8-18-32(26)40-33/h1-21H. The van der Waals surface area contributed by atoms with E-state index in [9.17, 15) is 0 Å². The van der Waals surface area contributed by atoms with Crippen molar-refractivity contribution in [2.75, 3.05) is 0 Å². The molecule has 3 nitrogen and oxygen atoms in total. The van der Waals surface area contributed by atoms with Crippen LogP contribution < -0.4 is 0 Å². The maximum absolute atomic E-state index is 5.39. The Bertz CT molecular complexity index is 2450. The fraction of sp³-hybridized carbons (Fsp3) is 0. The van der Waals surface area contributed by atoms with Gasteiger partial charge in [-0.1, -0.05) is 91.0 Å². The molecule has 3 aromatic heterocycles. The maximum Gasteiger partial charge on any atom is 0.235 e. The van der Waals surface area contributed by atoms with Crippen molar-refractivity contribution >= 4 is 75.0 Å². The summed E-state index contributed by atoms with van der Waals surface area (Å²) in [5.74, 6) is 0.687. The second kappa shape index (κ2) is 8.22. The van der Waals surface area contributed by atoms with Crippen molar-refractivity contribution in [1.82, 2.24) is 14.5 Å². The molecule has 0 unspecified atom stereocenters. The van der Waals surface area contributed by atoms with E-state index in [1.54, 1.807) is 0 Å². The predicted molar refractivity (Wildman–Crippen MR) is 170 cm³/mol. The summed E-state index contributed by atoms with van der Waals surface area (Å²) in [5, 5.41) is 8.42. The minimum atomic E-state index is 0.687. The number of benzene rings is 6. The molecule has 0 radical (unpaired) electrons.